The predicted octanol–water partition coefficient (Wildman–Crippen LogP) is 3.07. The van der Waals surface area contributed by atoms with E-state index in [2.05, 4.69) is 45.0 Å². The van der Waals surface area contributed by atoms with Crippen molar-refractivity contribution in [2.75, 3.05) is 13.6 Å². The molecule has 1 N–H and O–H groups in total. The Bertz CT molecular complexity index is 423. The molecule has 0 aliphatic rings. The topological polar surface area (TPSA) is 40.5 Å². The van der Waals surface area contributed by atoms with Crippen molar-refractivity contribution in [3.8, 4) is 0 Å². The minimum absolute atomic E-state index is 0.0642. The molecule has 0 aliphatic heterocycles. The number of hydrogen-bond acceptors (Lipinski definition) is 2. The minimum atomic E-state index is -0.746. The molecule has 3 nitrogen and oxygen atoms in total. The monoisotopic (exact) mass is 263 g/mol. The average Bonchev–Trinajstić information content (AvgIpc) is 2.29. The van der Waals surface area contributed by atoms with Gasteiger partial charge in [0, 0.05) is 12.0 Å². The van der Waals surface area contributed by atoms with Crippen LogP contribution in [0.25, 0.3) is 0 Å². The zero-order valence-electron chi connectivity index (χ0n) is 12.6. The molecule has 1 aromatic carbocycles. The quantitative estimate of drug-likeness (QED) is 0.857. The van der Waals surface area contributed by atoms with Gasteiger partial charge in [0.05, 0.1) is 0 Å². The lowest BCUT2D eigenvalue weighted by Crippen LogP contribution is -2.44. The van der Waals surface area contributed by atoms with E-state index in [9.17, 15) is 9.90 Å². The number of carboxylic acid groups (broad SMARTS) is 1. The summed E-state index contributed by atoms with van der Waals surface area (Å²) < 4.78 is 0. The van der Waals surface area contributed by atoms with Crippen molar-refractivity contribution in [1.29, 1.82) is 0 Å². The zero-order valence-corrected chi connectivity index (χ0v) is 12.6. The molecular formula is C16H25NO2. The van der Waals surface area contributed by atoms with Crippen molar-refractivity contribution in [2.45, 2.75) is 45.6 Å². The fraction of sp³-hybridized carbons (Fsp3) is 0.562. The van der Waals surface area contributed by atoms with Crippen LogP contribution in [0.2, 0.25) is 0 Å². The number of nitrogens with zero attached hydrogens (tertiary/aromatic N) is 1. The van der Waals surface area contributed by atoms with Crippen LogP contribution in [0.1, 0.15) is 38.3 Å². The summed E-state index contributed by atoms with van der Waals surface area (Å²) in [5, 5.41) is 9.21. The van der Waals surface area contributed by atoms with Crippen LogP contribution in [-0.2, 0) is 10.2 Å². The van der Waals surface area contributed by atoms with Crippen LogP contribution in [0.15, 0.2) is 24.3 Å². The molecule has 0 radical (unpaired) electrons. The Morgan fingerprint density at radius 1 is 1.32 bits per heavy atom. The molecule has 0 bridgehead atoms. The van der Waals surface area contributed by atoms with E-state index in [-0.39, 0.29) is 5.41 Å². The Morgan fingerprint density at radius 2 is 1.84 bits per heavy atom. The lowest BCUT2D eigenvalue weighted by molar-refractivity contribution is -0.143. The Morgan fingerprint density at radius 3 is 2.26 bits per heavy atom. The lowest BCUT2D eigenvalue weighted by atomic mass is 9.83. The van der Waals surface area contributed by atoms with Crippen molar-refractivity contribution >= 4 is 5.97 Å². The van der Waals surface area contributed by atoms with Crippen LogP contribution in [0.4, 0.5) is 0 Å². The number of aliphatic carboxylic acids is 1. The highest BCUT2D eigenvalue weighted by atomic mass is 16.4. The summed E-state index contributed by atoms with van der Waals surface area (Å²) in [5.41, 5.74) is 2.42. The molecule has 0 saturated heterocycles. The van der Waals surface area contributed by atoms with Crippen molar-refractivity contribution in [3.63, 3.8) is 0 Å². The molecule has 1 rings (SSSR count). The third kappa shape index (κ3) is 4.06. The molecule has 1 aromatic rings. The smallest absolute Gasteiger partial charge is 0.320 e. The number of carbonyl (C=O) groups is 1. The normalized spacial score (nSPS) is 13.6. The molecule has 0 aromatic heterocycles. The Labute approximate surface area is 116 Å². The van der Waals surface area contributed by atoms with E-state index in [1.165, 1.54) is 11.1 Å². The van der Waals surface area contributed by atoms with Gasteiger partial charge in [-0.15, -0.1) is 0 Å². The molecule has 1 unspecified atom stereocenters. The van der Waals surface area contributed by atoms with E-state index in [1.54, 1.807) is 0 Å². The summed E-state index contributed by atoms with van der Waals surface area (Å²) >= 11 is 0. The van der Waals surface area contributed by atoms with E-state index in [4.69, 9.17) is 0 Å². The highest BCUT2D eigenvalue weighted by Gasteiger charge is 2.28. The van der Waals surface area contributed by atoms with Gasteiger partial charge in [-0.05, 0) is 26.0 Å². The van der Waals surface area contributed by atoms with Gasteiger partial charge in [0.2, 0.25) is 0 Å². The summed E-state index contributed by atoms with van der Waals surface area (Å²) in [6.07, 6.45) is 0.621. The van der Waals surface area contributed by atoms with Crippen molar-refractivity contribution in [1.82, 2.24) is 4.90 Å². The van der Waals surface area contributed by atoms with Gasteiger partial charge < -0.3 is 5.11 Å². The molecule has 0 saturated carbocycles. The van der Waals surface area contributed by atoms with E-state index in [1.807, 2.05) is 18.9 Å². The summed E-state index contributed by atoms with van der Waals surface area (Å²) in [4.78, 5) is 13.1. The number of benzene rings is 1. The fourth-order valence-electron chi connectivity index (χ4n) is 2.50. The maximum atomic E-state index is 11.2. The molecule has 3 heteroatoms. The Hall–Kier alpha value is -1.35. The molecule has 0 amide bonds. The number of likely N-dealkylation sites (N-methyl/N-ethyl adjacent to an activating group) is 1. The van der Waals surface area contributed by atoms with Gasteiger partial charge in [-0.1, -0.05) is 50.6 Å². The number of rotatable bonds is 6. The predicted molar refractivity (Wildman–Crippen MR) is 78.5 cm³/mol. The SMILES string of the molecule is CCC(C(=O)O)N(C)CC(C)(C)c1ccc(C)cc1. The molecule has 19 heavy (non-hydrogen) atoms. The summed E-state index contributed by atoms with van der Waals surface area (Å²) in [5.74, 6) is -0.746. The first-order valence-electron chi connectivity index (χ1n) is 6.78. The summed E-state index contributed by atoms with van der Waals surface area (Å²) in [6, 6.07) is 8.05. The second kappa shape index (κ2) is 6.20. The van der Waals surface area contributed by atoms with Gasteiger partial charge in [-0.2, -0.15) is 0 Å². The first-order chi connectivity index (χ1) is 8.77. The van der Waals surface area contributed by atoms with Crippen molar-refractivity contribution < 1.29 is 9.90 Å². The van der Waals surface area contributed by atoms with Gasteiger partial charge in [0.1, 0.15) is 6.04 Å². The largest absolute Gasteiger partial charge is 0.480 e. The molecule has 1 atom stereocenters. The van der Waals surface area contributed by atoms with Crippen LogP contribution in [0.5, 0.6) is 0 Å². The number of carboxylic acids is 1. The van der Waals surface area contributed by atoms with E-state index >= 15 is 0 Å². The van der Waals surface area contributed by atoms with Gasteiger partial charge in [0.15, 0.2) is 0 Å². The molecule has 0 fully saturated rings. The maximum absolute atomic E-state index is 11.2. The number of hydrogen-bond donors (Lipinski definition) is 1. The third-order valence-corrected chi connectivity index (χ3v) is 3.68. The van der Waals surface area contributed by atoms with Crippen molar-refractivity contribution in [2.24, 2.45) is 0 Å². The van der Waals surface area contributed by atoms with Crippen LogP contribution in [0.3, 0.4) is 0 Å². The highest BCUT2D eigenvalue weighted by molar-refractivity contribution is 5.73. The van der Waals surface area contributed by atoms with Gasteiger partial charge in [-0.25, -0.2) is 0 Å². The Balaban J connectivity index is 2.84. The Kier molecular flexibility index (Phi) is 5.12. The standard InChI is InChI=1S/C16H25NO2/c1-6-14(15(18)19)17(5)11-16(3,4)13-9-7-12(2)8-10-13/h7-10,14H,6,11H2,1-5H3,(H,18,19). The lowest BCUT2D eigenvalue weighted by Gasteiger charge is -2.33. The van der Waals surface area contributed by atoms with Crippen LogP contribution >= 0.6 is 0 Å². The first-order valence-corrected chi connectivity index (χ1v) is 6.78. The average molecular weight is 263 g/mol. The third-order valence-electron chi connectivity index (χ3n) is 3.68. The maximum Gasteiger partial charge on any atom is 0.320 e. The highest BCUT2D eigenvalue weighted by Crippen LogP contribution is 2.25. The second-order valence-corrected chi connectivity index (χ2v) is 5.93. The van der Waals surface area contributed by atoms with Gasteiger partial charge in [0.25, 0.3) is 0 Å². The van der Waals surface area contributed by atoms with Crippen LogP contribution < -0.4 is 0 Å². The summed E-state index contributed by atoms with van der Waals surface area (Å²) in [6.45, 7) is 9.01. The summed E-state index contributed by atoms with van der Waals surface area (Å²) in [7, 11) is 1.89. The van der Waals surface area contributed by atoms with Gasteiger partial charge in [-0.3, -0.25) is 9.69 Å². The molecule has 0 heterocycles. The van der Waals surface area contributed by atoms with Crippen LogP contribution in [-0.4, -0.2) is 35.6 Å². The fourth-order valence-corrected chi connectivity index (χ4v) is 2.50. The zero-order chi connectivity index (χ0) is 14.6. The molecular weight excluding hydrogens is 238 g/mol. The second-order valence-electron chi connectivity index (χ2n) is 5.93. The van der Waals surface area contributed by atoms with E-state index < -0.39 is 12.0 Å². The van der Waals surface area contributed by atoms with Gasteiger partial charge >= 0.3 is 5.97 Å². The van der Waals surface area contributed by atoms with E-state index in [0.29, 0.717) is 6.42 Å². The molecule has 0 spiro atoms. The minimum Gasteiger partial charge on any atom is -0.480 e. The van der Waals surface area contributed by atoms with E-state index in [0.717, 1.165) is 6.54 Å². The van der Waals surface area contributed by atoms with Crippen LogP contribution in [0, 0.1) is 6.92 Å². The molecule has 0 aliphatic carbocycles. The van der Waals surface area contributed by atoms with Crippen molar-refractivity contribution in [3.05, 3.63) is 35.4 Å². The first kappa shape index (κ1) is 15.7. The number of aryl methyl sites for hydroxylation is 1. The molecule has 106 valence electrons.